The topological polar surface area (TPSA) is 66.8 Å². The Morgan fingerprint density at radius 2 is 1.76 bits per heavy atom. The molecule has 4 rings (SSSR count). The molecule has 1 fully saturated rings. The molecule has 1 atom stereocenters. The second-order valence-corrected chi connectivity index (χ2v) is 9.07. The summed E-state index contributed by atoms with van der Waals surface area (Å²) in [4.78, 5) is 28.0. The number of hydrogen-bond donors (Lipinski definition) is 1. The zero-order chi connectivity index (χ0) is 23.9. The monoisotopic (exact) mass is 525 g/mol. The number of carbonyl (C=O) groups excluding carboxylic acids is 2. The maximum Gasteiger partial charge on any atom is 0.300 e. The van der Waals surface area contributed by atoms with Gasteiger partial charge in [0.1, 0.15) is 11.5 Å². The second kappa shape index (κ2) is 9.04. The van der Waals surface area contributed by atoms with Gasteiger partial charge in [-0.25, -0.2) is 0 Å². The van der Waals surface area contributed by atoms with Crippen molar-refractivity contribution in [3.63, 3.8) is 0 Å². The van der Waals surface area contributed by atoms with Crippen LogP contribution >= 0.6 is 27.5 Å². The molecule has 5 nitrogen and oxygen atoms in total. The fourth-order valence-electron chi connectivity index (χ4n) is 3.96. The van der Waals surface area contributed by atoms with Crippen molar-refractivity contribution < 1.29 is 19.4 Å². The Balaban J connectivity index is 2.00. The molecular weight excluding hydrogens is 506 g/mol. The number of amides is 1. The highest BCUT2D eigenvalue weighted by Crippen LogP contribution is 2.45. The summed E-state index contributed by atoms with van der Waals surface area (Å²) >= 11 is 9.79. The first kappa shape index (κ1) is 23.1. The van der Waals surface area contributed by atoms with E-state index in [1.807, 2.05) is 13.8 Å². The molecule has 1 N–H and O–H groups in total. The van der Waals surface area contributed by atoms with E-state index in [0.29, 0.717) is 27.6 Å². The van der Waals surface area contributed by atoms with Crippen LogP contribution in [0.15, 0.2) is 70.7 Å². The number of anilines is 1. The Morgan fingerprint density at radius 3 is 2.42 bits per heavy atom. The summed E-state index contributed by atoms with van der Waals surface area (Å²) in [6.07, 6.45) is 0. The highest BCUT2D eigenvalue weighted by atomic mass is 79.9. The number of benzene rings is 3. The van der Waals surface area contributed by atoms with Crippen molar-refractivity contribution in [2.75, 3.05) is 12.0 Å². The lowest BCUT2D eigenvalue weighted by Crippen LogP contribution is -2.29. The van der Waals surface area contributed by atoms with Gasteiger partial charge in [-0.3, -0.25) is 14.5 Å². The number of aryl methyl sites for hydroxylation is 2. The van der Waals surface area contributed by atoms with Gasteiger partial charge in [-0.15, -0.1) is 0 Å². The van der Waals surface area contributed by atoms with Gasteiger partial charge in [-0.1, -0.05) is 57.9 Å². The van der Waals surface area contributed by atoms with Crippen LogP contribution in [-0.4, -0.2) is 23.9 Å². The van der Waals surface area contributed by atoms with E-state index in [4.69, 9.17) is 16.3 Å². The van der Waals surface area contributed by atoms with Crippen molar-refractivity contribution in [2.24, 2.45) is 0 Å². The van der Waals surface area contributed by atoms with Crippen LogP contribution in [0, 0.1) is 13.8 Å². The van der Waals surface area contributed by atoms with Crippen molar-refractivity contribution in [1.29, 1.82) is 0 Å². The molecule has 3 aromatic rings. The molecule has 0 saturated carbocycles. The van der Waals surface area contributed by atoms with E-state index in [9.17, 15) is 14.7 Å². The van der Waals surface area contributed by atoms with E-state index in [-0.39, 0.29) is 11.3 Å². The summed E-state index contributed by atoms with van der Waals surface area (Å²) in [7, 11) is 1.52. The zero-order valence-electron chi connectivity index (χ0n) is 18.2. The van der Waals surface area contributed by atoms with E-state index in [1.54, 1.807) is 60.7 Å². The molecule has 0 bridgehead atoms. The standard InChI is InChI=1S/C26H21BrClNO4/c1-14-8-10-17(13-20(14)28)29-23(18-6-4-5-7-21(18)33-3)22(25(31)26(29)32)24(30)16-9-11-19(27)15(2)12-16/h4-13,23,30H,1-3H3/b24-22+. The molecule has 0 aromatic heterocycles. The predicted molar refractivity (Wildman–Crippen MR) is 133 cm³/mol. The molecule has 0 aliphatic carbocycles. The number of ketones is 1. The summed E-state index contributed by atoms with van der Waals surface area (Å²) in [6.45, 7) is 3.74. The van der Waals surface area contributed by atoms with Gasteiger partial charge < -0.3 is 9.84 Å². The van der Waals surface area contributed by atoms with E-state index in [1.165, 1.54) is 12.0 Å². The number of Topliss-reactive ketones (excluding diaryl/α,β-unsaturated/α-hetero) is 1. The van der Waals surface area contributed by atoms with Crippen LogP contribution in [0.1, 0.15) is 28.3 Å². The Labute approximate surface area is 205 Å². The molecular formula is C26H21BrClNO4. The lowest BCUT2D eigenvalue weighted by Gasteiger charge is -2.27. The minimum absolute atomic E-state index is 0.0112. The third-order valence-corrected chi connectivity index (χ3v) is 7.04. The van der Waals surface area contributed by atoms with Crippen molar-refractivity contribution in [3.8, 4) is 5.75 Å². The summed E-state index contributed by atoms with van der Waals surface area (Å²) < 4.78 is 6.41. The summed E-state index contributed by atoms with van der Waals surface area (Å²) in [5, 5.41) is 11.7. The molecule has 0 radical (unpaired) electrons. The van der Waals surface area contributed by atoms with Crippen LogP contribution in [0.4, 0.5) is 5.69 Å². The first-order chi connectivity index (χ1) is 15.7. The molecule has 1 saturated heterocycles. The molecule has 1 unspecified atom stereocenters. The zero-order valence-corrected chi connectivity index (χ0v) is 20.6. The van der Waals surface area contributed by atoms with Crippen LogP contribution in [0.25, 0.3) is 5.76 Å². The summed E-state index contributed by atoms with van der Waals surface area (Å²) in [5.74, 6) is -1.28. The second-order valence-electron chi connectivity index (χ2n) is 7.81. The SMILES string of the molecule is COc1ccccc1C1/C(=C(\O)c2ccc(Br)c(C)c2)C(=O)C(=O)N1c1ccc(C)c(Cl)c1. The fourth-order valence-corrected chi connectivity index (χ4v) is 4.39. The van der Waals surface area contributed by atoms with Crippen molar-refractivity contribution >= 4 is 50.7 Å². The van der Waals surface area contributed by atoms with Crippen LogP contribution in [0.5, 0.6) is 5.75 Å². The number of halogens is 2. The fraction of sp³-hybridized carbons (Fsp3) is 0.154. The van der Waals surface area contributed by atoms with Gasteiger partial charge in [0.15, 0.2) is 0 Å². The molecule has 168 valence electrons. The van der Waals surface area contributed by atoms with Crippen LogP contribution in [0.3, 0.4) is 0 Å². The smallest absolute Gasteiger partial charge is 0.300 e. The van der Waals surface area contributed by atoms with Crippen molar-refractivity contribution in [1.82, 2.24) is 0 Å². The van der Waals surface area contributed by atoms with Gasteiger partial charge in [0.25, 0.3) is 11.7 Å². The molecule has 3 aromatic carbocycles. The molecule has 1 aliphatic rings. The predicted octanol–water partition coefficient (Wildman–Crippen LogP) is 6.35. The lowest BCUT2D eigenvalue weighted by molar-refractivity contribution is -0.132. The highest BCUT2D eigenvalue weighted by Gasteiger charge is 2.48. The van der Waals surface area contributed by atoms with Crippen LogP contribution in [0.2, 0.25) is 5.02 Å². The number of rotatable bonds is 4. The van der Waals surface area contributed by atoms with Gasteiger partial charge in [0.05, 0.1) is 18.7 Å². The van der Waals surface area contributed by atoms with Gasteiger partial charge in [-0.05, 0) is 55.3 Å². The van der Waals surface area contributed by atoms with Gasteiger partial charge in [0.2, 0.25) is 0 Å². The number of aliphatic hydroxyl groups is 1. The molecule has 1 heterocycles. The molecule has 1 aliphatic heterocycles. The third kappa shape index (κ3) is 4.05. The van der Waals surface area contributed by atoms with Gasteiger partial charge >= 0.3 is 0 Å². The molecule has 7 heteroatoms. The molecule has 1 amide bonds. The van der Waals surface area contributed by atoms with Crippen molar-refractivity contribution in [2.45, 2.75) is 19.9 Å². The number of nitrogens with zero attached hydrogens (tertiary/aromatic N) is 1. The first-order valence-corrected chi connectivity index (χ1v) is 11.4. The maximum atomic E-state index is 13.3. The summed E-state index contributed by atoms with van der Waals surface area (Å²) in [5.41, 5.74) is 3.18. The quantitative estimate of drug-likeness (QED) is 0.244. The largest absolute Gasteiger partial charge is 0.507 e. The van der Waals surface area contributed by atoms with E-state index in [2.05, 4.69) is 15.9 Å². The number of methoxy groups -OCH3 is 1. The Kier molecular flexibility index (Phi) is 6.32. The van der Waals surface area contributed by atoms with Crippen molar-refractivity contribution in [3.05, 3.63) is 98.0 Å². The minimum atomic E-state index is -0.899. The first-order valence-electron chi connectivity index (χ1n) is 10.2. The number of ether oxygens (including phenoxy) is 1. The number of aliphatic hydroxyl groups excluding tert-OH is 1. The number of hydrogen-bond acceptors (Lipinski definition) is 4. The van der Waals surface area contributed by atoms with E-state index < -0.39 is 17.7 Å². The third-order valence-electron chi connectivity index (χ3n) is 5.74. The van der Waals surface area contributed by atoms with E-state index >= 15 is 0 Å². The highest BCUT2D eigenvalue weighted by molar-refractivity contribution is 9.10. The Bertz CT molecular complexity index is 1320. The maximum absolute atomic E-state index is 13.3. The van der Waals surface area contributed by atoms with Crippen LogP contribution < -0.4 is 9.64 Å². The normalized spacial score (nSPS) is 17.5. The minimum Gasteiger partial charge on any atom is -0.507 e. The number of para-hydroxylation sites is 1. The number of carbonyl (C=O) groups is 2. The van der Waals surface area contributed by atoms with E-state index in [0.717, 1.165) is 15.6 Å². The average molecular weight is 527 g/mol. The Morgan fingerprint density at radius 1 is 1.03 bits per heavy atom. The van der Waals surface area contributed by atoms with Crippen LogP contribution in [-0.2, 0) is 9.59 Å². The Hall–Kier alpha value is -3.09. The summed E-state index contributed by atoms with van der Waals surface area (Å²) in [6, 6.07) is 16.6. The average Bonchev–Trinajstić information content (AvgIpc) is 3.07. The van der Waals surface area contributed by atoms with Gasteiger partial charge in [-0.2, -0.15) is 0 Å². The van der Waals surface area contributed by atoms with Gasteiger partial charge in [0, 0.05) is 26.3 Å². The molecule has 0 spiro atoms. The lowest BCUT2D eigenvalue weighted by atomic mass is 9.94. The molecule has 33 heavy (non-hydrogen) atoms.